The molecule has 0 unspecified atom stereocenters. The van der Waals surface area contributed by atoms with E-state index in [2.05, 4.69) is 4.74 Å². The number of ether oxygens (including phenoxy) is 1. The summed E-state index contributed by atoms with van der Waals surface area (Å²) in [6, 6.07) is 10.2. The van der Waals surface area contributed by atoms with Gasteiger partial charge in [-0.25, -0.2) is 0 Å². The van der Waals surface area contributed by atoms with Crippen molar-refractivity contribution in [2.75, 3.05) is 0 Å². The topological polar surface area (TPSA) is 63.6 Å². The monoisotopic (exact) mass is 376 g/mol. The summed E-state index contributed by atoms with van der Waals surface area (Å²) in [7, 11) is 0. The van der Waals surface area contributed by atoms with Gasteiger partial charge in [0.2, 0.25) is 0 Å². The molecular formula is C20H15F3O4. The van der Waals surface area contributed by atoms with Crippen LogP contribution in [-0.4, -0.2) is 16.9 Å². The van der Waals surface area contributed by atoms with Crippen molar-refractivity contribution in [3.8, 4) is 5.75 Å². The second kappa shape index (κ2) is 9.38. The molecule has 140 valence electrons. The molecule has 27 heavy (non-hydrogen) atoms. The van der Waals surface area contributed by atoms with Gasteiger partial charge in [-0.1, -0.05) is 42.5 Å². The highest BCUT2D eigenvalue weighted by atomic mass is 19.3. The minimum Gasteiger partial charge on any atom is -0.481 e. The molecule has 0 aliphatic carbocycles. The molecule has 4 nitrogen and oxygen atoms in total. The van der Waals surface area contributed by atoms with Crippen molar-refractivity contribution in [3.05, 3.63) is 83.4 Å². The molecule has 1 N–H and O–H groups in total. The Morgan fingerprint density at radius 3 is 2.15 bits per heavy atom. The highest BCUT2D eigenvalue weighted by Crippen LogP contribution is 2.19. The minimum absolute atomic E-state index is 0.0184. The van der Waals surface area contributed by atoms with Crippen molar-refractivity contribution in [3.63, 3.8) is 0 Å². The number of benzene rings is 2. The number of aryl methyl sites for hydroxylation is 1. The highest BCUT2D eigenvalue weighted by Gasteiger charge is 2.07. The minimum atomic E-state index is -2.54. The number of aliphatic carboxylic acids is 1. The number of hydrogen-bond acceptors (Lipinski definition) is 3. The van der Waals surface area contributed by atoms with Crippen molar-refractivity contribution in [1.29, 1.82) is 0 Å². The van der Waals surface area contributed by atoms with Gasteiger partial charge in [0.05, 0.1) is 0 Å². The predicted octanol–water partition coefficient (Wildman–Crippen LogP) is 5.01. The molecule has 2 aromatic rings. The maximum Gasteiger partial charge on any atom is 0.344 e. The van der Waals surface area contributed by atoms with Crippen LogP contribution in [0.1, 0.15) is 27.9 Å². The quantitative estimate of drug-likeness (QED) is 0.399. The predicted molar refractivity (Wildman–Crippen MR) is 93.2 cm³/mol. The van der Waals surface area contributed by atoms with E-state index in [9.17, 15) is 22.8 Å². The maximum absolute atomic E-state index is 12.7. The van der Waals surface area contributed by atoms with Crippen LogP contribution in [0.2, 0.25) is 0 Å². The van der Waals surface area contributed by atoms with E-state index in [1.54, 1.807) is 24.3 Å². The molecule has 0 bridgehead atoms. The summed E-state index contributed by atoms with van der Waals surface area (Å²) in [6.45, 7) is 0. The van der Waals surface area contributed by atoms with Crippen LogP contribution >= 0.6 is 0 Å². The van der Waals surface area contributed by atoms with Gasteiger partial charge in [0.15, 0.2) is 5.78 Å². The fourth-order valence-corrected chi connectivity index (χ4v) is 2.14. The van der Waals surface area contributed by atoms with Gasteiger partial charge in [-0.3, -0.25) is 9.59 Å². The van der Waals surface area contributed by atoms with E-state index in [0.717, 1.165) is 5.56 Å². The van der Waals surface area contributed by atoms with Gasteiger partial charge in [-0.05, 0) is 35.8 Å². The number of rotatable bonds is 8. The number of halogens is 3. The number of ketones is 1. The Labute approximate surface area is 153 Å². The Morgan fingerprint density at radius 1 is 0.963 bits per heavy atom. The Hall–Kier alpha value is -3.35. The zero-order valence-corrected chi connectivity index (χ0v) is 14.0. The summed E-state index contributed by atoms with van der Waals surface area (Å²) < 4.78 is 40.9. The van der Waals surface area contributed by atoms with E-state index in [0.29, 0.717) is 17.5 Å². The number of carbonyl (C=O) groups is 2. The summed E-state index contributed by atoms with van der Waals surface area (Å²) in [4.78, 5) is 22.7. The lowest BCUT2D eigenvalue weighted by atomic mass is 10.0. The summed E-state index contributed by atoms with van der Waals surface area (Å²) in [5, 5.41) is 8.65. The van der Waals surface area contributed by atoms with Gasteiger partial charge in [-0.2, -0.15) is 13.2 Å². The third-order valence-electron chi connectivity index (χ3n) is 3.53. The normalized spacial score (nSPS) is 10.6. The smallest absolute Gasteiger partial charge is 0.344 e. The highest BCUT2D eigenvalue weighted by molar-refractivity contribution is 6.06. The van der Waals surface area contributed by atoms with Crippen molar-refractivity contribution >= 4 is 17.8 Å². The Bertz CT molecular complexity index is 865. The van der Waals surface area contributed by atoms with Crippen molar-refractivity contribution in [1.82, 2.24) is 0 Å². The second-order valence-electron chi connectivity index (χ2n) is 5.49. The van der Waals surface area contributed by atoms with Crippen molar-refractivity contribution in [2.24, 2.45) is 0 Å². The van der Waals surface area contributed by atoms with Crippen molar-refractivity contribution in [2.45, 2.75) is 12.8 Å². The summed E-state index contributed by atoms with van der Waals surface area (Å²) in [5.74, 6) is -1.24. The molecule has 0 radical (unpaired) electrons. The number of hydrogen-bond donors (Lipinski definition) is 1. The summed E-state index contributed by atoms with van der Waals surface area (Å²) in [6.07, 6.45) is 0.718. The Morgan fingerprint density at radius 2 is 1.59 bits per heavy atom. The molecule has 0 spiro atoms. The molecule has 2 aromatic carbocycles. The van der Waals surface area contributed by atoms with E-state index in [1.807, 2.05) is 0 Å². The van der Waals surface area contributed by atoms with E-state index in [-0.39, 0.29) is 18.0 Å². The Kier molecular flexibility index (Phi) is 6.93. The largest absolute Gasteiger partial charge is 0.481 e. The van der Waals surface area contributed by atoms with E-state index in [1.165, 1.54) is 36.4 Å². The van der Waals surface area contributed by atoms with Crippen LogP contribution in [0.3, 0.4) is 0 Å². The molecular weight excluding hydrogens is 361 g/mol. The van der Waals surface area contributed by atoms with Crippen LogP contribution in [0, 0.1) is 0 Å². The van der Waals surface area contributed by atoms with Gasteiger partial charge in [0, 0.05) is 12.0 Å². The average Bonchev–Trinajstić information content (AvgIpc) is 2.65. The SMILES string of the molecule is O=C(O)CCc1ccc(C(=O)C=Cc2ccc(OC(F)=C(F)F)cc2)cc1. The first-order chi connectivity index (χ1) is 12.8. The third kappa shape index (κ3) is 6.47. The number of carboxylic acid groups (broad SMARTS) is 1. The molecule has 0 fully saturated rings. The molecule has 2 rings (SSSR count). The lowest BCUT2D eigenvalue weighted by Crippen LogP contribution is -1.98. The van der Waals surface area contributed by atoms with Gasteiger partial charge >= 0.3 is 18.1 Å². The summed E-state index contributed by atoms with van der Waals surface area (Å²) in [5.41, 5.74) is 1.86. The van der Waals surface area contributed by atoms with E-state index in [4.69, 9.17) is 5.11 Å². The lowest BCUT2D eigenvalue weighted by Gasteiger charge is -2.02. The van der Waals surface area contributed by atoms with Crippen LogP contribution in [0.4, 0.5) is 13.2 Å². The van der Waals surface area contributed by atoms with Gasteiger partial charge < -0.3 is 9.84 Å². The lowest BCUT2D eigenvalue weighted by molar-refractivity contribution is -0.136. The Balaban J connectivity index is 1.97. The third-order valence-corrected chi connectivity index (χ3v) is 3.53. The molecule has 0 atom stereocenters. The molecule has 0 saturated carbocycles. The van der Waals surface area contributed by atoms with Gasteiger partial charge in [0.1, 0.15) is 5.75 Å². The van der Waals surface area contributed by atoms with Crippen LogP contribution in [0.25, 0.3) is 6.08 Å². The van der Waals surface area contributed by atoms with Crippen LogP contribution in [-0.2, 0) is 11.2 Å². The van der Waals surface area contributed by atoms with E-state index < -0.39 is 18.1 Å². The molecule has 0 aliphatic heterocycles. The maximum atomic E-state index is 12.7. The molecule has 0 heterocycles. The second-order valence-corrected chi connectivity index (χ2v) is 5.49. The number of carbonyl (C=O) groups excluding carboxylic acids is 1. The standard InChI is InChI=1S/C20H15F3O4/c21-19(22)20(23)27-16-9-3-14(4-10-16)5-11-17(24)15-7-1-13(2-8-15)6-12-18(25)26/h1-5,7-11H,6,12H2,(H,25,26). The number of carboxylic acids is 1. The summed E-state index contributed by atoms with van der Waals surface area (Å²) >= 11 is 0. The zero-order chi connectivity index (χ0) is 19.8. The van der Waals surface area contributed by atoms with Crippen LogP contribution in [0.15, 0.2) is 66.7 Å². The first-order valence-corrected chi connectivity index (χ1v) is 7.87. The van der Waals surface area contributed by atoms with Crippen LogP contribution in [0.5, 0.6) is 5.75 Å². The first kappa shape index (κ1) is 20.0. The van der Waals surface area contributed by atoms with Gasteiger partial charge in [-0.15, -0.1) is 0 Å². The van der Waals surface area contributed by atoms with Crippen LogP contribution < -0.4 is 4.74 Å². The van der Waals surface area contributed by atoms with Gasteiger partial charge in [0.25, 0.3) is 0 Å². The molecule has 0 amide bonds. The molecule has 0 aromatic heterocycles. The number of allylic oxidation sites excluding steroid dienone is 1. The molecule has 7 heteroatoms. The zero-order valence-electron chi connectivity index (χ0n) is 14.0. The fraction of sp³-hybridized carbons (Fsp3) is 0.100. The first-order valence-electron chi connectivity index (χ1n) is 7.87. The molecule has 0 saturated heterocycles. The van der Waals surface area contributed by atoms with Crippen molar-refractivity contribution < 1.29 is 32.6 Å². The molecule has 0 aliphatic rings. The van der Waals surface area contributed by atoms with E-state index >= 15 is 0 Å². The average molecular weight is 376 g/mol. The fourth-order valence-electron chi connectivity index (χ4n) is 2.14.